The summed E-state index contributed by atoms with van der Waals surface area (Å²) in [5.41, 5.74) is -0.0815. The highest BCUT2D eigenvalue weighted by Crippen LogP contribution is 2.24. The van der Waals surface area contributed by atoms with Crippen LogP contribution in [0.1, 0.15) is 35.4 Å². The lowest BCUT2D eigenvalue weighted by atomic mass is 10.2. The first kappa shape index (κ1) is 17.9. The lowest BCUT2D eigenvalue weighted by molar-refractivity contribution is 0.0952. The molecule has 0 atom stereocenters. The maximum atomic E-state index is 13.5. The number of halogens is 3. The van der Waals surface area contributed by atoms with Crippen LogP contribution in [0, 0.1) is 5.82 Å². The van der Waals surface area contributed by atoms with Crippen molar-refractivity contribution >= 4 is 29.1 Å². The van der Waals surface area contributed by atoms with Crippen LogP contribution in [-0.2, 0) is 19.5 Å². The molecule has 134 valence electrons. The van der Waals surface area contributed by atoms with E-state index in [1.807, 2.05) is 0 Å². The molecular weight excluding hydrogens is 370 g/mol. The fourth-order valence-corrected chi connectivity index (χ4v) is 3.29. The molecule has 0 fully saturated rings. The van der Waals surface area contributed by atoms with Crippen LogP contribution >= 0.6 is 23.2 Å². The Morgan fingerprint density at radius 1 is 1.28 bits per heavy atom. The van der Waals surface area contributed by atoms with Crippen LogP contribution in [-0.4, -0.2) is 26.8 Å². The van der Waals surface area contributed by atoms with Crippen molar-refractivity contribution in [2.24, 2.45) is 0 Å². The Kier molecular flexibility index (Phi) is 5.44. The maximum absolute atomic E-state index is 13.5. The average Bonchev–Trinajstić information content (AvgIpc) is 2.91. The SMILES string of the molecule is O=C(NCCCn1nc2n(c1=O)CCCC2)c1cc(F)c(Cl)cc1Cl. The fraction of sp³-hybridized carbons (Fsp3) is 0.438. The Morgan fingerprint density at radius 3 is 2.84 bits per heavy atom. The molecular formula is C16H17Cl2FN4O2. The Balaban J connectivity index is 1.55. The summed E-state index contributed by atoms with van der Waals surface area (Å²) in [6.45, 7) is 1.43. The number of nitrogens with one attached hydrogen (secondary N) is 1. The molecule has 0 aliphatic carbocycles. The lowest BCUT2D eigenvalue weighted by Crippen LogP contribution is -2.29. The van der Waals surface area contributed by atoms with Crippen LogP contribution in [0.2, 0.25) is 10.0 Å². The van der Waals surface area contributed by atoms with Gasteiger partial charge in [0.05, 0.1) is 15.6 Å². The molecule has 0 radical (unpaired) electrons. The van der Waals surface area contributed by atoms with E-state index in [4.69, 9.17) is 23.2 Å². The zero-order chi connectivity index (χ0) is 18.0. The van der Waals surface area contributed by atoms with Gasteiger partial charge < -0.3 is 5.32 Å². The van der Waals surface area contributed by atoms with Crippen molar-refractivity contribution in [2.45, 2.75) is 38.8 Å². The van der Waals surface area contributed by atoms with E-state index in [0.717, 1.165) is 31.2 Å². The predicted octanol–water partition coefficient (Wildman–Crippen LogP) is 2.65. The molecule has 1 amide bonds. The smallest absolute Gasteiger partial charge is 0.345 e. The molecule has 0 saturated heterocycles. The Hall–Kier alpha value is -1.86. The summed E-state index contributed by atoms with van der Waals surface area (Å²) >= 11 is 11.5. The van der Waals surface area contributed by atoms with E-state index >= 15 is 0 Å². The number of benzene rings is 1. The van der Waals surface area contributed by atoms with Crippen LogP contribution in [0.15, 0.2) is 16.9 Å². The molecule has 1 N–H and O–H groups in total. The molecule has 3 rings (SSSR count). The van der Waals surface area contributed by atoms with Crippen LogP contribution < -0.4 is 11.0 Å². The predicted molar refractivity (Wildman–Crippen MR) is 92.8 cm³/mol. The molecule has 1 aliphatic heterocycles. The largest absolute Gasteiger partial charge is 0.352 e. The van der Waals surface area contributed by atoms with Crippen LogP contribution in [0.25, 0.3) is 0 Å². The van der Waals surface area contributed by atoms with E-state index in [1.165, 1.54) is 10.7 Å². The van der Waals surface area contributed by atoms with Crippen molar-refractivity contribution in [3.63, 3.8) is 0 Å². The molecule has 0 unspecified atom stereocenters. The summed E-state index contributed by atoms with van der Waals surface area (Å²) in [7, 11) is 0. The quantitative estimate of drug-likeness (QED) is 0.634. The zero-order valence-electron chi connectivity index (χ0n) is 13.4. The average molecular weight is 387 g/mol. The van der Waals surface area contributed by atoms with Crippen molar-refractivity contribution in [1.29, 1.82) is 0 Å². The van der Waals surface area contributed by atoms with Gasteiger partial charge in [-0.2, -0.15) is 5.10 Å². The summed E-state index contributed by atoms with van der Waals surface area (Å²) < 4.78 is 16.6. The third-order valence-corrected chi connectivity index (χ3v) is 4.72. The maximum Gasteiger partial charge on any atom is 0.345 e. The molecule has 2 heterocycles. The monoisotopic (exact) mass is 386 g/mol. The topological polar surface area (TPSA) is 68.9 Å². The van der Waals surface area contributed by atoms with Gasteiger partial charge in [-0.25, -0.2) is 13.9 Å². The summed E-state index contributed by atoms with van der Waals surface area (Å²) in [5.74, 6) is -0.368. The van der Waals surface area contributed by atoms with Crippen molar-refractivity contribution in [3.05, 3.63) is 49.9 Å². The van der Waals surface area contributed by atoms with E-state index in [1.54, 1.807) is 4.57 Å². The second-order valence-electron chi connectivity index (χ2n) is 5.89. The highest BCUT2D eigenvalue weighted by atomic mass is 35.5. The number of amides is 1. The van der Waals surface area contributed by atoms with Gasteiger partial charge in [0.25, 0.3) is 5.91 Å². The summed E-state index contributed by atoms with van der Waals surface area (Å²) in [6.07, 6.45) is 3.38. The van der Waals surface area contributed by atoms with Gasteiger partial charge in [-0.05, 0) is 31.4 Å². The van der Waals surface area contributed by atoms with Gasteiger partial charge in [-0.1, -0.05) is 23.2 Å². The molecule has 1 aliphatic rings. The normalized spacial score (nSPS) is 13.6. The lowest BCUT2D eigenvalue weighted by Gasteiger charge is -2.09. The van der Waals surface area contributed by atoms with Crippen molar-refractivity contribution in [2.75, 3.05) is 6.54 Å². The number of nitrogens with zero attached hydrogens (tertiary/aromatic N) is 3. The highest BCUT2D eigenvalue weighted by molar-refractivity contribution is 6.36. The second kappa shape index (κ2) is 7.58. The zero-order valence-corrected chi connectivity index (χ0v) is 14.9. The van der Waals surface area contributed by atoms with Gasteiger partial charge in [0, 0.05) is 26.1 Å². The van der Waals surface area contributed by atoms with Gasteiger partial charge >= 0.3 is 5.69 Å². The number of carbonyl (C=O) groups is 1. The summed E-state index contributed by atoms with van der Waals surface area (Å²) in [5, 5.41) is 6.93. The van der Waals surface area contributed by atoms with E-state index in [2.05, 4.69) is 10.4 Å². The van der Waals surface area contributed by atoms with E-state index in [9.17, 15) is 14.0 Å². The standard InChI is InChI=1S/C16H17Cl2FN4O2/c17-11-9-12(18)13(19)8-10(11)15(24)20-5-3-7-23-16(25)22-6-2-1-4-14(22)21-23/h8-9H,1-7H2,(H,20,24). The van der Waals surface area contributed by atoms with Crippen molar-refractivity contribution in [1.82, 2.24) is 19.7 Å². The molecule has 1 aromatic carbocycles. The van der Waals surface area contributed by atoms with Crippen molar-refractivity contribution in [3.8, 4) is 0 Å². The number of hydrogen-bond acceptors (Lipinski definition) is 3. The number of aromatic nitrogens is 3. The minimum Gasteiger partial charge on any atom is -0.352 e. The van der Waals surface area contributed by atoms with Crippen LogP contribution in [0.4, 0.5) is 4.39 Å². The van der Waals surface area contributed by atoms with Gasteiger partial charge in [-0.3, -0.25) is 9.36 Å². The van der Waals surface area contributed by atoms with E-state index in [-0.39, 0.29) is 21.3 Å². The highest BCUT2D eigenvalue weighted by Gasteiger charge is 2.17. The first-order valence-electron chi connectivity index (χ1n) is 8.06. The third-order valence-electron chi connectivity index (χ3n) is 4.12. The number of aryl methyl sites for hydroxylation is 2. The first-order chi connectivity index (χ1) is 12.0. The summed E-state index contributed by atoms with van der Waals surface area (Å²) in [4.78, 5) is 24.3. The molecule has 1 aromatic heterocycles. The number of hydrogen-bond donors (Lipinski definition) is 1. The van der Waals surface area contributed by atoms with Gasteiger partial charge in [-0.15, -0.1) is 0 Å². The molecule has 6 nitrogen and oxygen atoms in total. The number of carbonyl (C=O) groups excluding carboxylic acids is 1. The van der Waals surface area contributed by atoms with Crippen molar-refractivity contribution < 1.29 is 9.18 Å². The minimum absolute atomic E-state index is 0.0261. The Bertz CT molecular complexity index is 863. The van der Waals surface area contributed by atoms with Gasteiger partial charge in [0.15, 0.2) is 0 Å². The Morgan fingerprint density at radius 2 is 2.08 bits per heavy atom. The van der Waals surface area contributed by atoms with E-state index in [0.29, 0.717) is 26.1 Å². The van der Waals surface area contributed by atoms with Gasteiger partial charge in [0.2, 0.25) is 0 Å². The minimum atomic E-state index is -0.702. The van der Waals surface area contributed by atoms with Gasteiger partial charge in [0.1, 0.15) is 11.6 Å². The Labute approximate surface area is 153 Å². The molecule has 9 heteroatoms. The first-order valence-corrected chi connectivity index (χ1v) is 8.82. The number of rotatable bonds is 5. The molecule has 2 aromatic rings. The van der Waals surface area contributed by atoms with E-state index < -0.39 is 11.7 Å². The molecule has 0 spiro atoms. The second-order valence-corrected chi connectivity index (χ2v) is 6.70. The fourth-order valence-electron chi connectivity index (χ4n) is 2.82. The van der Waals surface area contributed by atoms with Crippen LogP contribution in [0.3, 0.4) is 0 Å². The third kappa shape index (κ3) is 3.88. The van der Waals surface area contributed by atoms with Crippen LogP contribution in [0.5, 0.6) is 0 Å². The summed E-state index contributed by atoms with van der Waals surface area (Å²) in [6, 6.07) is 2.20. The number of fused-ring (bicyclic) bond motifs is 1. The molecule has 0 bridgehead atoms. The molecule has 0 saturated carbocycles. The molecule has 25 heavy (non-hydrogen) atoms.